The Bertz CT molecular complexity index is 1660. The molecule has 0 aliphatic carbocycles. The average Bonchev–Trinajstić information content (AvgIpc) is 3.69. The molecule has 1 N–H and O–H groups in total. The smallest absolute Gasteiger partial charge is 0.411 e. The molecule has 0 radical (unpaired) electrons. The Kier molecular flexibility index (Phi) is 8.17. The largest absolute Gasteiger partial charge is 0.618 e. The number of carbonyl (C=O) groups excluding carboxylic acids is 1. The molecule has 14 heteroatoms. The van der Waals surface area contributed by atoms with E-state index in [0.717, 1.165) is 15.9 Å². The van der Waals surface area contributed by atoms with Crippen molar-refractivity contribution in [1.29, 1.82) is 0 Å². The van der Waals surface area contributed by atoms with E-state index >= 15 is 0 Å². The minimum atomic E-state index is -0.643. The molecule has 41 heavy (non-hydrogen) atoms. The number of pyridine rings is 1. The monoisotopic (exact) mass is 578 g/mol. The van der Waals surface area contributed by atoms with Crippen LogP contribution in [-0.2, 0) is 9.47 Å². The van der Waals surface area contributed by atoms with Gasteiger partial charge in [0.2, 0.25) is 5.69 Å². The van der Waals surface area contributed by atoms with E-state index < -0.39 is 18.0 Å². The summed E-state index contributed by atoms with van der Waals surface area (Å²) in [5.74, 6) is -0.643. The Morgan fingerprint density at radius 1 is 1.15 bits per heavy atom. The number of nitrogens with zero attached hydrogens (tertiary/aromatic N) is 7. The van der Waals surface area contributed by atoms with Gasteiger partial charge in [0.05, 0.1) is 24.0 Å². The first-order valence-corrected chi connectivity index (χ1v) is 12.7. The zero-order chi connectivity index (χ0) is 28.9. The first-order valence-electron chi connectivity index (χ1n) is 12.3. The van der Waals surface area contributed by atoms with Crippen LogP contribution >= 0.6 is 11.6 Å². The van der Waals surface area contributed by atoms with Gasteiger partial charge in [-0.25, -0.2) is 9.18 Å². The quantitative estimate of drug-likeness (QED) is 0.200. The molecule has 3 heterocycles. The molecule has 5 rings (SSSR count). The Balaban J connectivity index is 1.46. The summed E-state index contributed by atoms with van der Waals surface area (Å²) < 4.78 is 28.0. The van der Waals surface area contributed by atoms with Gasteiger partial charge < -0.3 is 14.7 Å². The highest BCUT2D eigenvalue weighted by Gasteiger charge is 2.25. The highest BCUT2D eigenvalue weighted by molar-refractivity contribution is 6.31. The Labute approximate surface area is 238 Å². The van der Waals surface area contributed by atoms with Crippen molar-refractivity contribution in [1.82, 2.24) is 30.0 Å². The second kappa shape index (κ2) is 12.1. The third kappa shape index (κ3) is 6.00. The van der Waals surface area contributed by atoms with Crippen LogP contribution in [0.25, 0.3) is 27.9 Å². The maximum atomic E-state index is 14.3. The summed E-state index contributed by atoms with van der Waals surface area (Å²) in [7, 11) is 2.88. The van der Waals surface area contributed by atoms with Gasteiger partial charge in [-0.2, -0.15) is 14.5 Å². The van der Waals surface area contributed by atoms with E-state index in [1.54, 1.807) is 42.3 Å². The van der Waals surface area contributed by atoms with Crippen molar-refractivity contribution in [3.63, 3.8) is 0 Å². The highest BCUT2D eigenvalue weighted by atomic mass is 35.5. The van der Waals surface area contributed by atoms with Crippen molar-refractivity contribution in [3.8, 4) is 27.9 Å². The van der Waals surface area contributed by atoms with Crippen molar-refractivity contribution in [2.24, 2.45) is 0 Å². The van der Waals surface area contributed by atoms with E-state index in [2.05, 4.69) is 30.7 Å². The number of ether oxygens (including phenoxy) is 2. The number of hydrogen-bond donors (Lipinski definition) is 1. The lowest BCUT2D eigenvalue weighted by Gasteiger charge is -2.18. The summed E-state index contributed by atoms with van der Waals surface area (Å²) >= 11 is 6.08. The zero-order valence-corrected chi connectivity index (χ0v) is 22.7. The molecule has 0 fully saturated rings. The van der Waals surface area contributed by atoms with Crippen LogP contribution in [0.1, 0.15) is 18.2 Å². The lowest BCUT2D eigenvalue weighted by Crippen LogP contribution is -2.35. The van der Waals surface area contributed by atoms with Gasteiger partial charge >= 0.3 is 6.09 Å². The number of anilines is 1. The SMILES string of the molecule is COCCC(c1ccc(-c2cc(Cl)c(F)cc2-n2cnnn2)c[n+]1[O-])n1cc(-c2ccc(NC(=O)OC)cc2)cn1. The molecule has 0 saturated heterocycles. The zero-order valence-electron chi connectivity index (χ0n) is 21.9. The standard InChI is InChI=1S/C27H24ClFN8O4/c1-40-10-9-24(35-14-19(13-31-35)17-3-6-20(7-4-17)32-27(38)41-2)25-8-5-18(15-37(25)39)21-11-22(28)23(29)12-26(21)36-16-30-33-34-36/h3-8,11-16,24H,9-10H2,1-2H3,(H,32,38). The molecule has 0 aliphatic rings. The van der Waals surface area contributed by atoms with Crippen molar-refractivity contribution in [2.75, 3.05) is 26.1 Å². The number of halogens is 2. The number of benzene rings is 2. The topological polar surface area (TPSA) is 136 Å². The number of carbonyl (C=O) groups is 1. The van der Waals surface area contributed by atoms with E-state index in [1.807, 2.05) is 18.3 Å². The van der Waals surface area contributed by atoms with Crippen LogP contribution < -0.4 is 10.0 Å². The number of hydrogen-bond acceptors (Lipinski definition) is 8. The molecule has 0 bridgehead atoms. The fraction of sp³-hybridized carbons (Fsp3) is 0.185. The number of rotatable bonds is 9. The molecular formula is C27H24ClFN8O4. The molecule has 1 unspecified atom stereocenters. The highest BCUT2D eigenvalue weighted by Crippen LogP contribution is 2.32. The van der Waals surface area contributed by atoms with E-state index in [4.69, 9.17) is 16.3 Å². The van der Waals surface area contributed by atoms with Gasteiger partial charge in [0.25, 0.3) is 0 Å². The second-order valence-electron chi connectivity index (χ2n) is 8.91. The minimum absolute atomic E-state index is 0.102. The van der Waals surface area contributed by atoms with Crippen LogP contribution in [0.3, 0.4) is 0 Å². The summed E-state index contributed by atoms with van der Waals surface area (Å²) in [6.45, 7) is 0.381. The molecule has 2 aromatic carbocycles. The first kappa shape index (κ1) is 27.7. The van der Waals surface area contributed by atoms with Crippen molar-refractivity contribution < 1.29 is 23.4 Å². The van der Waals surface area contributed by atoms with Crippen LogP contribution in [0.4, 0.5) is 14.9 Å². The van der Waals surface area contributed by atoms with E-state index in [-0.39, 0.29) is 5.02 Å². The Morgan fingerprint density at radius 2 is 1.93 bits per heavy atom. The van der Waals surface area contributed by atoms with Crippen LogP contribution in [0.2, 0.25) is 5.02 Å². The summed E-state index contributed by atoms with van der Waals surface area (Å²) in [6, 6.07) is 12.8. The number of tetrazole rings is 1. The van der Waals surface area contributed by atoms with Gasteiger partial charge in [-0.15, -0.1) is 5.10 Å². The van der Waals surface area contributed by atoms with Gasteiger partial charge in [0.1, 0.15) is 18.2 Å². The summed E-state index contributed by atoms with van der Waals surface area (Å²) in [5.41, 5.74) is 3.98. The van der Waals surface area contributed by atoms with Gasteiger partial charge in [0, 0.05) is 60.8 Å². The van der Waals surface area contributed by atoms with Crippen molar-refractivity contribution in [3.05, 3.63) is 95.2 Å². The Hall–Kier alpha value is -4.88. The number of amides is 1. The van der Waals surface area contributed by atoms with Crippen LogP contribution in [0.5, 0.6) is 0 Å². The molecule has 0 aliphatic heterocycles. The molecule has 3 aromatic heterocycles. The van der Waals surface area contributed by atoms with Crippen LogP contribution in [0.15, 0.2) is 73.4 Å². The third-order valence-corrected chi connectivity index (χ3v) is 6.69. The predicted molar refractivity (Wildman–Crippen MR) is 147 cm³/mol. The van der Waals surface area contributed by atoms with E-state index in [9.17, 15) is 14.4 Å². The molecular weight excluding hydrogens is 555 g/mol. The fourth-order valence-corrected chi connectivity index (χ4v) is 4.52. The van der Waals surface area contributed by atoms with Crippen LogP contribution in [0, 0.1) is 11.0 Å². The maximum Gasteiger partial charge on any atom is 0.411 e. The van der Waals surface area contributed by atoms with Gasteiger partial charge in [-0.05, 0) is 40.3 Å². The molecule has 5 aromatic rings. The molecule has 210 valence electrons. The Morgan fingerprint density at radius 3 is 2.61 bits per heavy atom. The summed E-state index contributed by atoms with van der Waals surface area (Å²) in [4.78, 5) is 11.4. The minimum Gasteiger partial charge on any atom is -0.618 e. The maximum absolute atomic E-state index is 14.3. The number of methoxy groups -OCH3 is 2. The molecule has 1 atom stereocenters. The first-order chi connectivity index (χ1) is 19.9. The third-order valence-electron chi connectivity index (χ3n) is 6.40. The normalized spacial score (nSPS) is 11.8. The van der Waals surface area contributed by atoms with E-state index in [0.29, 0.717) is 41.2 Å². The molecule has 0 spiro atoms. The molecule has 1 amide bonds. The van der Waals surface area contributed by atoms with Gasteiger partial charge in [0.15, 0.2) is 6.20 Å². The fourth-order valence-electron chi connectivity index (χ4n) is 4.36. The van der Waals surface area contributed by atoms with Gasteiger partial charge in [-0.3, -0.25) is 10.00 Å². The lowest BCUT2D eigenvalue weighted by molar-refractivity contribution is -0.615. The van der Waals surface area contributed by atoms with Crippen molar-refractivity contribution >= 4 is 23.4 Å². The lowest BCUT2D eigenvalue weighted by atomic mass is 10.0. The van der Waals surface area contributed by atoms with Gasteiger partial charge in [-0.1, -0.05) is 23.7 Å². The molecule has 12 nitrogen and oxygen atoms in total. The predicted octanol–water partition coefficient (Wildman–Crippen LogP) is 4.42. The summed E-state index contributed by atoms with van der Waals surface area (Å²) in [5, 5.41) is 31.5. The summed E-state index contributed by atoms with van der Waals surface area (Å²) in [6.07, 6.45) is 6.17. The van der Waals surface area contributed by atoms with E-state index in [1.165, 1.54) is 36.4 Å². The van der Waals surface area contributed by atoms with Crippen molar-refractivity contribution in [2.45, 2.75) is 12.5 Å². The molecule has 0 saturated carbocycles. The number of aromatic nitrogens is 7. The number of nitrogens with one attached hydrogen (secondary N) is 1. The average molecular weight is 579 g/mol. The van der Waals surface area contributed by atoms with Crippen LogP contribution in [-0.4, -0.2) is 56.9 Å². The second-order valence-corrected chi connectivity index (χ2v) is 9.31.